The van der Waals surface area contributed by atoms with Gasteiger partial charge in [-0.25, -0.2) is 0 Å². The van der Waals surface area contributed by atoms with E-state index in [-0.39, 0.29) is 11.5 Å². The molecule has 0 atom stereocenters. The lowest BCUT2D eigenvalue weighted by molar-refractivity contribution is -0.130. The molecule has 1 aliphatic rings. The third-order valence-electron chi connectivity index (χ3n) is 3.70. The lowest BCUT2D eigenvalue weighted by atomic mass is 10.2. The molecule has 1 aromatic heterocycles. The molecular weight excluding hydrogens is 372 g/mol. The first kappa shape index (κ1) is 16.5. The van der Waals surface area contributed by atoms with Crippen LogP contribution in [0.5, 0.6) is 0 Å². The number of halogens is 1. The molecule has 24 heavy (non-hydrogen) atoms. The van der Waals surface area contributed by atoms with E-state index in [0.29, 0.717) is 37.8 Å². The van der Waals surface area contributed by atoms with Crippen molar-refractivity contribution in [1.82, 2.24) is 4.90 Å². The summed E-state index contributed by atoms with van der Waals surface area (Å²) < 4.78 is 11.9. The molecule has 1 saturated heterocycles. The SMILES string of the molecule is N#CC(=Cc1ccc(-c2ccccc2Br)o1)C(=O)N1CCOCC1. The summed E-state index contributed by atoms with van der Waals surface area (Å²) in [6.45, 7) is 1.99. The molecule has 122 valence electrons. The Balaban J connectivity index is 1.83. The van der Waals surface area contributed by atoms with E-state index >= 15 is 0 Å². The predicted molar refractivity (Wildman–Crippen MR) is 92.8 cm³/mol. The number of carbonyl (C=O) groups excluding carboxylic acids is 1. The van der Waals surface area contributed by atoms with Crippen molar-refractivity contribution in [2.45, 2.75) is 0 Å². The Hall–Kier alpha value is -2.36. The average Bonchev–Trinajstić information content (AvgIpc) is 3.08. The largest absolute Gasteiger partial charge is 0.457 e. The second-order valence-electron chi connectivity index (χ2n) is 5.26. The second kappa shape index (κ2) is 7.47. The van der Waals surface area contributed by atoms with Gasteiger partial charge in [0.1, 0.15) is 23.2 Å². The summed E-state index contributed by atoms with van der Waals surface area (Å²) in [4.78, 5) is 14.0. The van der Waals surface area contributed by atoms with Crippen LogP contribution >= 0.6 is 15.9 Å². The first-order chi connectivity index (χ1) is 11.7. The summed E-state index contributed by atoms with van der Waals surface area (Å²) in [5.74, 6) is 0.850. The summed E-state index contributed by atoms with van der Waals surface area (Å²) in [6, 6.07) is 13.2. The molecule has 5 nitrogen and oxygen atoms in total. The Kier molecular flexibility index (Phi) is 5.14. The third-order valence-corrected chi connectivity index (χ3v) is 4.39. The van der Waals surface area contributed by atoms with Gasteiger partial charge in [-0.2, -0.15) is 5.26 Å². The number of hydrogen-bond acceptors (Lipinski definition) is 4. The van der Waals surface area contributed by atoms with E-state index in [1.807, 2.05) is 36.4 Å². The Morgan fingerprint density at radius 2 is 1.96 bits per heavy atom. The van der Waals surface area contributed by atoms with E-state index in [9.17, 15) is 10.1 Å². The van der Waals surface area contributed by atoms with E-state index in [4.69, 9.17) is 9.15 Å². The first-order valence-corrected chi connectivity index (χ1v) is 8.32. The van der Waals surface area contributed by atoms with Crippen LogP contribution in [0.15, 0.2) is 50.9 Å². The maximum atomic E-state index is 12.4. The molecular formula is C18H15BrN2O3. The number of ether oxygens (including phenoxy) is 1. The molecule has 0 aliphatic carbocycles. The number of morpholine rings is 1. The Labute approximate surface area is 148 Å². The average molecular weight is 387 g/mol. The van der Waals surface area contributed by atoms with Crippen LogP contribution in [0.2, 0.25) is 0 Å². The Bertz CT molecular complexity index is 814. The zero-order valence-corrected chi connectivity index (χ0v) is 14.5. The highest BCUT2D eigenvalue weighted by atomic mass is 79.9. The van der Waals surface area contributed by atoms with Gasteiger partial charge in [-0.3, -0.25) is 4.79 Å². The van der Waals surface area contributed by atoms with Crippen LogP contribution in [0.3, 0.4) is 0 Å². The fourth-order valence-corrected chi connectivity index (χ4v) is 2.94. The van der Waals surface area contributed by atoms with Crippen LogP contribution in [0.4, 0.5) is 0 Å². The maximum Gasteiger partial charge on any atom is 0.264 e. The number of nitriles is 1. The number of furan rings is 1. The van der Waals surface area contributed by atoms with Gasteiger partial charge in [0.05, 0.1) is 13.2 Å². The molecule has 1 fully saturated rings. The van der Waals surface area contributed by atoms with Crippen LogP contribution in [0.25, 0.3) is 17.4 Å². The summed E-state index contributed by atoms with van der Waals surface area (Å²) in [6.07, 6.45) is 1.48. The third kappa shape index (κ3) is 3.58. The van der Waals surface area contributed by atoms with Gasteiger partial charge in [0, 0.05) is 29.2 Å². The van der Waals surface area contributed by atoms with Gasteiger partial charge >= 0.3 is 0 Å². The van der Waals surface area contributed by atoms with Crippen LogP contribution < -0.4 is 0 Å². The second-order valence-corrected chi connectivity index (χ2v) is 6.11. The summed E-state index contributed by atoms with van der Waals surface area (Å²) in [5, 5.41) is 9.31. The van der Waals surface area contributed by atoms with Gasteiger partial charge in [-0.1, -0.05) is 34.1 Å². The first-order valence-electron chi connectivity index (χ1n) is 7.52. The van der Waals surface area contributed by atoms with Gasteiger partial charge in [0.15, 0.2) is 0 Å². The molecule has 0 saturated carbocycles. The predicted octanol–water partition coefficient (Wildman–Crippen LogP) is 3.47. The number of carbonyl (C=O) groups is 1. The van der Waals surface area contributed by atoms with Crippen molar-refractivity contribution in [2.75, 3.05) is 26.3 Å². The molecule has 0 spiro atoms. The molecule has 2 heterocycles. The number of benzene rings is 1. The minimum Gasteiger partial charge on any atom is -0.457 e. The van der Waals surface area contributed by atoms with Crippen LogP contribution in [-0.4, -0.2) is 37.1 Å². The van der Waals surface area contributed by atoms with E-state index < -0.39 is 0 Å². The number of hydrogen-bond donors (Lipinski definition) is 0. The highest BCUT2D eigenvalue weighted by Gasteiger charge is 2.21. The zero-order valence-electron chi connectivity index (χ0n) is 12.9. The lowest BCUT2D eigenvalue weighted by Crippen LogP contribution is -2.41. The minimum atomic E-state index is -0.292. The molecule has 1 aliphatic heterocycles. The smallest absolute Gasteiger partial charge is 0.264 e. The van der Waals surface area contributed by atoms with Gasteiger partial charge in [-0.05, 0) is 18.2 Å². The van der Waals surface area contributed by atoms with Gasteiger partial charge in [0.25, 0.3) is 5.91 Å². The summed E-state index contributed by atoms with van der Waals surface area (Å²) in [7, 11) is 0. The highest BCUT2D eigenvalue weighted by molar-refractivity contribution is 9.10. The summed E-state index contributed by atoms with van der Waals surface area (Å²) in [5.41, 5.74) is 0.972. The fourth-order valence-electron chi connectivity index (χ4n) is 2.46. The standard InChI is InChI=1S/C18H15BrN2O3/c19-16-4-2-1-3-15(16)17-6-5-14(24-17)11-13(12-20)18(22)21-7-9-23-10-8-21/h1-6,11H,7-10H2. The number of amides is 1. The van der Waals surface area contributed by atoms with Gasteiger partial charge in [-0.15, -0.1) is 0 Å². The Morgan fingerprint density at radius 1 is 1.21 bits per heavy atom. The zero-order chi connectivity index (χ0) is 16.9. The molecule has 3 rings (SSSR count). The van der Waals surface area contributed by atoms with E-state index in [0.717, 1.165) is 10.0 Å². The van der Waals surface area contributed by atoms with Gasteiger partial charge < -0.3 is 14.1 Å². The molecule has 2 aromatic rings. The van der Waals surface area contributed by atoms with E-state index in [1.165, 1.54) is 6.08 Å². The quantitative estimate of drug-likeness (QED) is 0.598. The van der Waals surface area contributed by atoms with E-state index in [1.54, 1.807) is 11.0 Å². The lowest BCUT2D eigenvalue weighted by Gasteiger charge is -2.26. The summed E-state index contributed by atoms with van der Waals surface area (Å²) >= 11 is 3.48. The Morgan fingerprint density at radius 3 is 2.67 bits per heavy atom. The number of rotatable bonds is 3. The highest BCUT2D eigenvalue weighted by Crippen LogP contribution is 2.30. The number of nitrogens with zero attached hydrogens (tertiary/aromatic N) is 2. The van der Waals surface area contributed by atoms with Crippen molar-refractivity contribution in [1.29, 1.82) is 5.26 Å². The molecule has 1 amide bonds. The fraction of sp³-hybridized carbons (Fsp3) is 0.222. The molecule has 0 radical (unpaired) electrons. The normalized spacial score (nSPS) is 15.2. The topological polar surface area (TPSA) is 66.5 Å². The minimum absolute atomic E-state index is 0.0601. The molecule has 0 N–H and O–H groups in total. The van der Waals surface area contributed by atoms with Crippen molar-refractivity contribution >= 4 is 27.9 Å². The van der Waals surface area contributed by atoms with Crippen molar-refractivity contribution in [3.63, 3.8) is 0 Å². The monoisotopic (exact) mass is 386 g/mol. The van der Waals surface area contributed by atoms with E-state index in [2.05, 4.69) is 15.9 Å². The van der Waals surface area contributed by atoms with Crippen molar-refractivity contribution < 1.29 is 13.9 Å². The molecule has 0 bridgehead atoms. The van der Waals surface area contributed by atoms with Crippen molar-refractivity contribution in [2.24, 2.45) is 0 Å². The molecule has 1 aromatic carbocycles. The van der Waals surface area contributed by atoms with Crippen molar-refractivity contribution in [3.05, 3.63) is 52.2 Å². The van der Waals surface area contributed by atoms with Crippen molar-refractivity contribution in [3.8, 4) is 17.4 Å². The van der Waals surface area contributed by atoms with Gasteiger partial charge in [0.2, 0.25) is 0 Å². The maximum absolute atomic E-state index is 12.4. The van der Waals surface area contributed by atoms with Crippen LogP contribution in [0, 0.1) is 11.3 Å². The van der Waals surface area contributed by atoms with Crippen LogP contribution in [-0.2, 0) is 9.53 Å². The van der Waals surface area contributed by atoms with Crippen LogP contribution in [0.1, 0.15) is 5.76 Å². The molecule has 0 unspecified atom stereocenters. The molecule has 6 heteroatoms.